The van der Waals surface area contributed by atoms with E-state index in [1.807, 2.05) is 36.9 Å². The quantitative estimate of drug-likeness (QED) is 0.854. The molecule has 1 saturated heterocycles. The molecular weight excluding hydrogens is 214 g/mol. The summed E-state index contributed by atoms with van der Waals surface area (Å²) in [5.74, 6) is 0.199. The van der Waals surface area contributed by atoms with E-state index in [2.05, 4.69) is 10.3 Å². The average molecular weight is 233 g/mol. The lowest BCUT2D eigenvalue weighted by Crippen LogP contribution is -2.39. The Labute approximate surface area is 102 Å². The molecule has 1 amide bonds. The van der Waals surface area contributed by atoms with E-state index in [1.54, 1.807) is 6.20 Å². The third kappa shape index (κ3) is 2.47. The standard InChI is InChI=1S/C13H19N3O/c1-3-14-12-7-9-16(13(12)17)10(2)11-6-4-5-8-15-11/h4-6,8,10,12,14H,3,7,9H2,1-2H3. The SMILES string of the molecule is CCNC1CCN(C(C)c2ccccn2)C1=O. The Kier molecular flexibility index (Phi) is 3.74. The summed E-state index contributed by atoms with van der Waals surface area (Å²) in [6.07, 6.45) is 2.66. The maximum Gasteiger partial charge on any atom is 0.240 e. The number of pyridine rings is 1. The highest BCUT2D eigenvalue weighted by Crippen LogP contribution is 2.24. The van der Waals surface area contributed by atoms with Crippen molar-refractivity contribution in [1.29, 1.82) is 0 Å². The Morgan fingerprint density at radius 3 is 3.06 bits per heavy atom. The number of carbonyl (C=O) groups excluding carboxylic acids is 1. The molecule has 0 saturated carbocycles. The average Bonchev–Trinajstić information content (AvgIpc) is 2.72. The molecule has 1 aromatic rings. The number of hydrogen-bond acceptors (Lipinski definition) is 3. The normalized spacial score (nSPS) is 21.9. The number of likely N-dealkylation sites (N-methyl/N-ethyl adjacent to an activating group) is 1. The summed E-state index contributed by atoms with van der Waals surface area (Å²) in [7, 11) is 0. The third-order valence-corrected chi connectivity index (χ3v) is 3.27. The van der Waals surface area contributed by atoms with Gasteiger partial charge in [0.05, 0.1) is 17.8 Å². The van der Waals surface area contributed by atoms with E-state index in [4.69, 9.17) is 0 Å². The second kappa shape index (κ2) is 5.27. The van der Waals surface area contributed by atoms with Crippen molar-refractivity contribution in [2.24, 2.45) is 0 Å². The first kappa shape index (κ1) is 12.0. The van der Waals surface area contributed by atoms with Gasteiger partial charge in [-0.15, -0.1) is 0 Å². The van der Waals surface area contributed by atoms with Gasteiger partial charge in [-0.1, -0.05) is 13.0 Å². The van der Waals surface area contributed by atoms with Crippen molar-refractivity contribution in [3.63, 3.8) is 0 Å². The first-order valence-electron chi connectivity index (χ1n) is 6.18. The van der Waals surface area contributed by atoms with Crippen LogP contribution in [0.5, 0.6) is 0 Å². The summed E-state index contributed by atoms with van der Waals surface area (Å²) < 4.78 is 0. The highest BCUT2D eigenvalue weighted by atomic mass is 16.2. The number of rotatable bonds is 4. The van der Waals surface area contributed by atoms with Gasteiger partial charge in [-0.3, -0.25) is 9.78 Å². The summed E-state index contributed by atoms with van der Waals surface area (Å²) in [6.45, 7) is 5.71. The van der Waals surface area contributed by atoms with Crippen LogP contribution in [0.1, 0.15) is 32.0 Å². The van der Waals surface area contributed by atoms with Gasteiger partial charge in [0, 0.05) is 12.7 Å². The van der Waals surface area contributed by atoms with Crippen molar-refractivity contribution < 1.29 is 4.79 Å². The zero-order valence-corrected chi connectivity index (χ0v) is 10.4. The molecule has 0 radical (unpaired) electrons. The number of nitrogens with one attached hydrogen (secondary N) is 1. The maximum absolute atomic E-state index is 12.1. The van der Waals surface area contributed by atoms with E-state index in [-0.39, 0.29) is 18.0 Å². The van der Waals surface area contributed by atoms with Crippen LogP contribution in [0, 0.1) is 0 Å². The molecule has 2 unspecified atom stereocenters. The minimum Gasteiger partial charge on any atom is -0.333 e. The number of aromatic nitrogens is 1. The molecule has 1 aliphatic heterocycles. The molecule has 92 valence electrons. The predicted molar refractivity (Wildman–Crippen MR) is 66.4 cm³/mol. The molecule has 2 heterocycles. The highest BCUT2D eigenvalue weighted by molar-refractivity contribution is 5.84. The lowest BCUT2D eigenvalue weighted by atomic mass is 10.2. The van der Waals surface area contributed by atoms with Crippen LogP contribution in [-0.4, -0.2) is 34.9 Å². The van der Waals surface area contributed by atoms with Crippen molar-refractivity contribution in [1.82, 2.24) is 15.2 Å². The molecule has 17 heavy (non-hydrogen) atoms. The fourth-order valence-corrected chi connectivity index (χ4v) is 2.31. The van der Waals surface area contributed by atoms with Gasteiger partial charge in [0.1, 0.15) is 0 Å². The summed E-state index contributed by atoms with van der Waals surface area (Å²) in [5, 5.41) is 3.22. The topological polar surface area (TPSA) is 45.2 Å². The van der Waals surface area contributed by atoms with Crippen molar-refractivity contribution in [3.8, 4) is 0 Å². The van der Waals surface area contributed by atoms with Crippen molar-refractivity contribution in [2.45, 2.75) is 32.4 Å². The van der Waals surface area contributed by atoms with Gasteiger partial charge in [-0.05, 0) is 32.0 Å². The fourth-order valence-electron chi connectivity index (χ4n) is 2.31. The van der Waals surface area contributed by atoms with Crippen LogP contribution in [0.4, 0.5) is 0 Å². The van der Waals surface area contributed by atoms with Crippen LogP contribution < -0.4 is 5.32 Å². The Morgan fingerprint density at radius 2 is 2.41 bits per heavy atom. The summed E-state index contributed by atoms with van der Waals surface area (Å²) in [4.78, 5) is 18.4. The van der Waals surface area contributed by atoms with Crippen LogP contribution in [0.15, 0.2) is 24.4 Å². The molecular formula is C13H19N3O. The van der Waals surface area contributed by atoms with Gasteiger partial charge in [-0.2, -0.15) is 0 Å². The van der Waals surface area contributed by atoms with E-state index >= 15 is 0 Å². The van der Waals surface area contributed by atoms with Gasteiger partial charge < -0.3 is 10.2 Å². The predicted octanol–water partition coefficient (Wildman–Crippen LogP) is 1.35. The molecule has 1 aromatic heterocycles. The first-order valence-corrected chi connectivity index (χ1v) is 6.18. The number of hydrogen-bond donors (Lipinski definition) is 1. The van der Waals surface area contributed by atoms with Crippen molar-refractivity contribution in [3.05, 3.63) is 30.1 Å². The Balaban J connectivity index is 2.07. The largest absolute Gasteiger partial charge is 0.333 e. The monoisotopic (exact) mass is 233 g/mol. The third-order valence-electron chi connectivity index (χ3n) is 3.27. The van der Waals surface area contributed by atoms with E-state index in [0.29, 0.717) is 0 Å². The van der Waals surface area contributed by atoms with Crippen LogP contribution in [0.25, 0.3) is 0 Å². The summed E-state index contributed by atoms with van der Waals surface area (Å²) in [6, 6.07) is 5.88. The van der Waals surface area contributed by atoms with E-state index < -0.39 is 0 Å². The van der Waals surface area contributed by atoms with Crippen LogP contribution >= 0.6 is 0 Å². The van der Waals surface area contributed by atoms with Crippen LogP contribution in [0.2, 0.25) is 0 Å². The molecule has 4 heteroatoms. The van der Waals surface area contributed by atoms with E-state index in [1.165, 1.54) is 0 Å². The molecule has 2 atom stereocenters. The molecule has 1 aliphatic rings. The zero-order chi connectivity index (χ0) is 12.3. The summed E-state index contributed by atoms with van der Waals surface area (Å²) >= 11 is 0. The van der Waals surface area contributed by atoms with Gasteiger partial charge in [0.15, 0.2) is 0 Å². The molecule has 0 spiro atoms. The van der Waals surface area contributed by atoms with Crippen LogP contribution in [-0.2, 0) is 4.79 Å². The molecule has 0 aliphatic carbocycles. The maximum atomic E-state index is 12.1. The summed E-state index contributed by atoms with van der Waals surface area (Å²) in [5.41, 5.74) is 0.956. The smallest absolute Gasteiger partial charge is 0.240 e. The number of likely N-dealkylation sites (tertiary alicyclic amines) is 1. The first-order chi connectivity index (χ1) is 8.24. The lowest BCUT2D eigenvalue weighted by Gasteiger charge is -2.24. The van der Waals surface area contributed by atoms with E-state index in [0.717, 1.165) is 25.2 Å². The minimum atomic E-state index is -0.00818. The number of nitrogens with zero attached hydrogens (tertiary/aromatic N) is 2. The molecule has 4 nitrogen and oxygen atoms in total. The molecule has 1 N–H and O–H groups in total. The Morgan fingerprint density at radius 1 is 1.59 bits per heavy atom. The second-order valence-electron chi connectivity index (χ2n) is 4.36. The zero-order valence-electron chi connectivity index (χ0n) is 10.4. The Bertz CT molecular complexity index is 380. The van der Waals surface area contributed by atoms with Gasteiger partial charge >= 0.3 is 0 Å². The molecule has 0 aromatic carbocycles. The minimum absolute atomic E-state index is 0.00818. The molecule has 0 bridgehead atoms. The lowest BCUT2D eigenvalue weighted by molar-refractivity contribution is -0.131. The fraction of sp³-hybridized carbons (Fsp3) is 0.538. The Hall–Kier alpha value is -1.42. The number of amides is 1. The molecule has 1 fully saturated rings. The van der Waals surface area contributed by atoms with E-state index in [9.17, 15) is 4.79 Å². The van der Waals surface area contributed by atoms with Gasteiger partial charge in [-0.25, -0.2) is 0 Å². The van der Waals surface area contributed by atoms with Gasteiger partial charge in [0.25, 0.3) is 0 Å². The van der Waals surface area contributed by atoms with Crippen molar-refractivity contribution >= 4 is 5.91 Å². The van der Waals surface area contributed by atoms with Crippen molar-refractivity contribution in [2.75, 3.05) is 13.1 Å². The number of carbonyl (C=O) groups is 1. The second-order valence-corrected chi connectivity index (χ2v) is 4.36. The molecule has 2 rings (SSSR count). The van der Waals surface area contributed by atoms with Gasteiger partial charge in [0.2, 0.25) is 5.91 Å². The van der Waals surface area contributed by atoms with Crippen LogP contribution in [0.3, 0.4) is 0 Å². The highest BCUT2D eigenvalue weighted by Gasteiger charge is 2.34.